The number of phenolic OH excluding ortho intramolecular Hbond substituents is 1. The molecule has 1 aromatic carbocycles. The van der Waals surface area contributed by atoms with Crippen molar-refractivity contribution in [1.82, 2.24) is 9.80 Å². The molecule has 9 heteroatoms. The third kappa shape index (κ3) is 4.45. The van der Waals surface area contributed by atoms with Crippen LogP contribution in [0.2, 0.25) is 0 Å². The first-order chi connectivity index (χ1) is 13.3. The van der Waals surface area contributed by atoms with Crippen LogP contribution in [-0.2, 0) is 9.59 Å². The summed E-state index contributed by atoms with van der Waals surface area (Å²) in [5.74, 6) is 0.225. The maximum Gasteiger partial charge on any atom is 0.294 e. The molecule has 7 nitrogen and oxygen atoms in total. The Kier molecular flexibility index (Phi) is 6.54. The number of rotatable bonds is 4. The highest BCUT2D eigenvalue weighted by molar-refractivity contribution is 14.1. The highest BCUT2D eigenvalue weighted by Gasteiger charge is 2.37. The quantitative estimate of drug-likeness (QED) is 0.489. The fraction of sp³-hybridized carbons (Fsp3) is 0.421. The number of benzene rings is 1. The predicted molar refractivity (Wildman–Crippen MR) is 115 cm³/mol. The van der Waals surface area contributed by atoms with Crippen LogP contribution in [0.1, 0.15) is 25.3 Å². The van der Waals surface area contributed by atoms with Crippen LogP contribution >= 0.6 is 34.4 Å². The summed E-state index contributed by atoms with van der Waals surface area (Å²) in [6.07, 6.45) is 3.45. The van der Waals surface area contributed by atoms with Crippen molar-refractivity contribution < 1.29 is 24.2 Å². The summed E-state index contributed by atoms with van der Waals surface area (Å²) < 4.78 is 5.69. The monoisotopic (exact) mass is 516 g/mol. The molecular formula is C19H21IN2O5S. The number of halogens is 1. The Morgan fingerprint density at radius 1 is 1.36 bits per heavy atom. The molecule has 3 amide bonds. The molecule has 28 heavy (non-hydrogen) atoms. The molecule has 2 fully saturated rings. The van der Waals surface area contributed by atoms with Crippen LogP contribution in [-0.4, -0.2) is 58.7 Å². The second kappa shape index (κ2) is 8.73. The molecule has 0 bridgehead atoms. The van der Waals surface area contributed by atoms with E-state index in [1.165, 1.54) is 7.11 Å². The maximum absolute atomic E-state index is 12.7. The van der Waals surface area contributed by atoms with Crippen LogP contribution in [0.5, 0.6) is 11.5 Å². The molecule has 2 heterocycles. The fourth-order valence-corrected chi connectivity index (χ4v) is 4.58. The minimum absolute atomic E-state index is 0.0230. The largest absolute Gasteiger partial charge is 0.504 e. The van der Waals surface area contributed by atoms with Gasteiger partial charge >= 0.3 is 0 Å². The van der Waals surface area contributed by atoms with Gasteiger partial charge in [-0.25, -0.2) is 0 Å². The van der Waals surface area contributed by atoms with Gasteiger partial charge in [-0.1, -0.05) is 6.92 Å². The predicted octanol–water partition coefficient (Wildman–Crippen LogP) is 3.30. The minimum atomic E-state index is -0.476. The van der Waals surface area contributed by atoms with E-state index in [2.05, 4.69) is 6.92 Å². The number of phenols is 1. The molecule has 0 atom stereocenters. The minimum Gasteiger partial charge on any atom is -0.504 e. The molecule has 2 aliphatic rings. The molecule has 0 unspecified atom stereocenters. The Hall–Kier alpha value is -1.75. The van der Waals surface area contributed by atoms with Gasteiger partial charge < -0.3 is 14.7 Å². The van der Waals surface area contributed by atoms with Crippen molar-refractivity contribution >= 4 is 57.5 Å². The van der Waals surface area contributed by atoms with Gasteiger partial charge in [0.1, 0.15) is 6.54 Å². The number of methoxy groups -OCH3 is 1. The SMILES string of the molecule is COc1cc(/C=C2/SC(=O)N(CC(=O)N3CCC(C)CC3)C2=O)cc(I)c1O. The first-order valence-corrected chi connectivity index (χ1v) is 10.8. The highest BCUT2D eigenvalue weighted by Crippen LogP contribution is 2.36. The van der Waals surface area contributed by atoms with Gasteiger partial charge in [-0.05, 0) is 76.9 Å². The van der Waals surface area contributed by atoms with Crippen LogP contribution < -0.4 is 4.74 Å². The third-order valence-corrected chi connectivity index (χ3v) is 6.60. The molecular weight excluding hydrogens is 495 g/mol. The van der Waals surface area contributed by atoms with E-state index in [1.54, 1.807) is 23.1 Å². The van der Waals surface area contributed by atoms with Gasteiger partial charge in [0.2, 0.25) is 5.91 Å². The summed E-state index contributed by atoms with van der Waals surface area (Å²) in [5, 5.41) is 9.48. The summed E-state index contributed by atoms with van der Waals surface area (Å²) >= 11 is 2.77. The van der Waals surface area contributed by atoms with Gasteiger partial charge in [0.05, 0.1) is 15.6 Å². The van der Waals surface area contributed by atoms with E-state index in [0.29, 0.717) is 28.1 Å². The van der Waals surface area contributed by atoms with Crippen LogP contribution in [0.25, 0.3) is 6.08 Å². The fourth-order valence-electron chi connectivity index (χ4n) is 3.11. The Bertz CT molecular complexity index is 849. The molecule has 0 aromatic heterocycles. The number of piperidine rings is 1. The number of carbonyl (C=O) groups excluding carboxylic acids is 3. The summed E-state index contributed by atoms with van der Waals surface area (Å²) in [6.45, 7) is 3.25. The van der Waals surface area contributed by atoms with Crippen molar-refractivity contribution in [1.29, 1.82) is 0 Å². The second-order valence-electron chi connectivity index (χ2n) is 6.88. The van der Waals surface area contributed by atoms with E-state index in [1.807, 2.05) is 22.6 Å². The van der Waals surface area contributed by atoms with Gasteiger partial charge in [0.15, 0.2) is 11.5 Å². The molecule has 2 saturated heterocycles. The van der Waals surface area contributed by atoms with Crippen LogP contribution in [0.15, 0.2) is 17.0 Å². The normalized spacial score (nSPS) is 19.6. The van der Waals surface area contributed by atoms with Gasteiger partial charge in [-0.3, -0.25) is 19.3 Å². The topological polar surface area (TPSA) is 87.2 Å². The van der Waals surface area contributed by atoms with E-state index >= 15 is 0 Å². The summed E-state index contributed by atoms with van der Waals surface area (Å²) in [5.41, 5.74) is 0.626. The van der Waals surface area contributed by atoms with Crippen molar-refractivity contribution in [2.75, 3.05) is 26.7 Å². The number of nitrogens with zero attached hydrogens (tertiary/aromatic N) is 2. The zero-order valence-corrected chi connectivity index (χ0v) is 18.6. The summed E-state index contributed by atoms with van der Waals surface area (Å²) in [7, 11) is 1.44. The smallest absolute Gasteiger partial charge is 0.294 e. The number of ether oxygens (including phenoxy) is 1. The van der Waals surface area contributed by atoms with Crippen molar-refractivity contribution in [2.24, 2.45) is 5.92 Å². The standard InChI is InChI=1S/C19H21IN2O5S/c1-11-3-5-21(6-4-11)16(23)10-22-18(25)15(28-19(22)26)9-12-7-13(20)17(24)14(8-12)27-2/h7-9,11,24H,3-6,10H2,1-2H3/b15-9+. The lowest BCUT2D eigenvalue weighted by atomic mass is 9.99. The Morgan fingerprint density at radius 2 is 2.04 bits per heavy atom. The lowest BCUT2D eigenvalue weighted by Gasteiger charge is -2.31. The average molecular weight is 516 g/mol. The maximum atomic E-state index is 12.7. The zero-order valence-electron chi connectivity index (χ0n) is 15.6. The van der Waals surface area contributed by atoms with E-state index in [0.717, 1.165) is 29.5 Å². The number of thioether (sulfide) groups is 1. The van der Waals surface area contributed by atoms with Crippen molar-refractivity contribution in [3.05, 3.63) is 26.2 Å². The first kappa shape index (κ1) is 21.0. The molecule has 3 rings (SSSR count). The van der Waals surface area contributed by atoms with Crippen LogP contribution in [0.3, 0.4) is 0 Å². The number of carbonyl (C=O) groups is 3. The van der Waals surface area contributed by atoms with Gasteiger partial charge in [-0.2, -0.15) is 0 Å². The van der Waals surface area contributed by atoms with Crippen molar-refractivity contribution in [3.63, 3.8) is 0 Å². The number of hydrogen-bond donors (Lipinski definition) is 1. The van der Waals surface area contributed by atoms with E-state index < -0.39 is 11.1 Å². The number of aromatic hydroxyl groups is 1. The van der Waals surface area contributed by atoms with Gasteiger partial charge in [0.25, 0.3) is 11.1 Å². The van der Waals surface area contributed by atoms with Crippen LogP contribution in [0, 0.1) is 9.49 Å². The number of likely N-dealkylation sites (tertiary alicyclic amines) is 1. The lowest BCUT2D eigenvalue weighted by molar-refractivity contribution is -0.136. The first-order valence-electron chi connectivity index (χ1n) is 8.89. The summed E-state index contributed by atoms with van der Waals surface area (Å²) in [6, 6.07) is 3.28. The molecule has 0 aliphatic carbocycles. The highest BCUT2D eigenvalue weighted by atomic mass is 127. The number of hydrogen-bond acceptors (Lipinski definition) is 6. The Balaban J connectivity index is 1.74. The summed E-state index contributed by atoms with van der Waals surface area (Å²) in [4.78, 5) is 40.4. The van der Waals surface area contributed by atoms with Gasteiger partial charge in [0, 0.05) is 13.1 Å². The Labute approximate surface area is 181 Å². The third-order valence-electron chi connectivity index (χ3n) is 4.87. The molecule has 0 spiro atoms. The average Bonchev–Trinajstić information content (AvgIpc) is 2.92. The number of imide groups is 1. The lowest BCUT2D eigenvalue weighted by Crippen LogP contribution is -2.45. The number of amides is 3. The van der Waals surface area contributed by atoms with E-state index in [9.17, 15) is 19.5 Å². The van der Waals surface area contributed by atoms with E-state index in [-0.39, 0.29) is 28.9 Å². The molecule has 2 aliphatic heterocycles. The Morgan fingerprint density at radius 3 is 2.68 bits per heavy atom. The van der Waals surface area contributed by atoms with Crippen molar-refractivity contribution in [3.8, 4) is 11.5 Å². The second-order valence-corrected chi connectivity index (χ2v) is 9.04. The molecule has 1 aromatic rings. The zero-order chi connectivity index (χ0) is 20.4. The van der Waals surface area contributed by atoms with E-state index in [4.69, 9.17) is 4.74 Å². The molecule has 0 saturated carbocycles. The molecule has 0 radical (unpaired) electrons. The van der Waals surface area contributed by atoms with Crippen molar-refractivity contribution in [2.45, 2.75) is 19.8 Å². The molecule has 1 N–H and O–H groups in total. The van der Waals surface area contributed by atoms with Crippen LogP contribution in [0.4, 0.5) is 4.79 Å². The van der Waals surface area contributed by atoms with Gasteiger partial charge in [-0.15, -0.1) is 0 Å². The molecule has 150 valence electrons.